The molecule has 0 unspecified atom stereocenters. The molecule has 0 saturated carbocycles. The van der Waals surface area contributed by atoms with E-state index in [9.17, 15) is 4.39 Å². The summed E-state index contributed by atoms with van der Waals surface area (Å²) >= 11 is 11.2. The van der Waals surface area contributed by atoms with Gasteiger partial charge in [-0.05, 0) is 29.8 Å². The van der Waals surface area contributed by atoms with Gasteiger partial charge in [-0.1, -0.05) is 11.6 Å². The predicted molar refractivity (Wildman–Crippen MR) is 57.4 cm³/mol. The molecule has 1 aromatic carbocycles. The molecular formula is C10H5Cl2FN2. The SMILES string of the molecule is Fc1cc(Cl)ccc1-c1cnc(Cl)nc1. The minimum atomic E-state index is -0.409. The topological polar surface area (TPSA) is 25.8 Å². The van der Waals surface area contributed by atoms with Crippen LogP contribution in [-0.2, 0) is 0 Å². The van der Waals surface area contributed by atoms with E-state index in [0.29, 0.717) is 16.1 Å². The van der Waals surface area contributed by atoms with Gasteiger partial charge in [0.2, 0.25) is 5.28 Å². The zero-order valence-electron chi connectivity index (χ0n) is 7.42. The summed E-state index contributed by atoms with van der Waals surface area (Å²) in [6.07, 6.45) is 2.92. The molecular weight excluding hydrogens is 238 g/mol. The van der Waals surface area contributed by atoms with Gasteiger partial charge in [0, 0.05) is 28.5 Å². The monoisotopic (exact) mass is 242 g/mol. The third kappa shape index (κ3) is 2.25. The molecule has 0 N–H and O–H groups in total. The molecule has 0 saturated heterocycles. The molecule has 0 amide bonds. The summed E-state index contributed by atoms with van der Waals surface area (Å²) in [6, 6.07) is 4.42. The van der Waals surface area contributed by atoms with Crippen molar-refractivity contribution in [2.24, 2.45) is 0 Å². The summed E-state index contributed by atoms with van der Waals surface area (Å²) in [4.78, 5) is 7.55. The first-order valence-corrected chi connectivity index (χ1v) is 4.85. The zero-order chi connectivity index (χ0) is 10.8. The molecule has 2 rings (SSSR count). The van der Waals surface area contributed by atoms with E-state index in [1.54, 1.807) is 12.1 Å². The van der Waals surface area contributed by atoms with E-state index in [1.165, 1.54) is 18.5 Å². The third-order valence-electron chi connectivity index (χ3n) is 1.86. The van der Waals surface area contributed by atoms with Crippen LogP contribution in [0.15, 0.2) is 30.6 Å². The van der Waals surface area contributed by atoms with Crippen LogP contribution >= 0.6 is 23.2 Å². The molecule has 76 valence electrons. The van der Waals surface area contributed by atoms with Gasteiger partial charge in [-0.2, -0.15) is 0 Å². The van der Waals surface area contributed by atoms with Crippen molar-refractivity contribution in [3.63, 3.8) is 0 Å². The van der Waals surface area contributed by atoms with E-state index in [0.717, 1.165) is 0 Å². The highest BCUT2D eigenvalue weighted by Gasteiger charge is 2.06. The van der Waals surface area contributed by atoms with Crippen LogP contribution in [0.1, 0.15) is 0 Å². The highest BCUT2D eigenvalue weighted by atomic mass is 35.5. The van der Waals surface area contributed by atoms with Crippen molar-refractivity contribution in [2.75, 3.05) is 0 Å². The summed E-state index contributed by atoms with van der Waals surface area (Å²) in [7, 11) is 0. The molecule has 0 aliphatic carbocycles. The second-order valence-electron chi connectivity index (χ2n) is 2.86. The summed E-state index contributed by atoms with van der Waals surface area (Å²) in [6.45, 7) is 0. The molecule has 0 radical (unpaired) electrons. The van der Waals surface area contributed by atoms with E-state index >= 15 is 0 Å². The average Bonchev–Trinajstić information content (AvgIpc) is 2.20. The standard InChI is InChI=1S/C10H5Cl2FN2/c11-7-1-2-8(9(13)3-7)6-4-14-10(12)15-5-6/h1-5H. The summed E-state index contributed by atoms with van der Waals surface area (Å²) in [5.41, 5.74) is 0.963. The maximum atomic E-state index is 13.5. The quantitative estimate of drug-likeness (QED) is 0.715. The predicted octanol–water partition coefficient (Wildman–Crippen LogP) is 3.59. The third-order valence-corrected chi connectivity index (χ3v) is 2.29. The number of rotatable bonds is 1. The minimum absolute atomic E-state index is 0.133. The lowest BCUT2D eigenvalue weighted by atomic mass is 10.1. The Labute approximate surface area is 95.7 Å². The number of hydrogen-bond acceptors (Lipinski definition) is 2. The summed E-state index contributed by atoms with van der Waals surface area (Å²) < 4.78 is 13.5. The van der Waals surface area contributed by atoms with Crippen LogP contribution in [0.4, 0.5) is 4.39 Å². The molecule has 0 spiro atoms. The molecule has 5 heteroatoms. The van der Waals surface area contributed by atoms with Crippen molar-refractivity contribution < 1.29 is 4.39 Å². The first-order chi connectivity index (χ1) is 7.16. The van der Waals surface area contributed by atoms with Crippen LogP contribution in [0.5, 0.6) is 0 Å². The number of aromatic nitrogens is 2. The van der Waals surface area contributed by atoms with Gasteiger partial charge in [-0.3, -0.25) is 0 Å². The van der Waals surface area contributed by atoms with Crippen molar-refractivity contribution in [1.29, 1.82) is 0 Å². The molecule has 0 atom stereocenters. The minimum Gasteiger partial charge on any atom is -0.226 e. The van der Waals surface area contributed by atoms with E-state index in [1.807, 2.05) is 0 Å². The van der Waals surface area contributed by atoms with Crippen molar-refractivity contribution >= 4 is 23.2 Å². The lowest BCUT2D eigenvalue weighted by Crippen LogP contribution is -1.87. The Morgan fingerprint density at radius 3 is 2.33 bits per heavy atom. The van der Waals surface area contributed by atoms with E-state index in [-0.39, 0.29) is 5.28 Å². The number of nitrogens with zero attached hydrogens (tertiary/aromatic N) is 2. The van der Waals surface area contributed by atoms with Crippen LogP contribution in [0.3, 0.4) is 0 Å². The fourth-order valence-electron chi connectivity index (χ4n) is 1.17. The van der Waals surface area contributed by atoms with Crippen LogP contribution in [-0.4, -0.2) is 9.97 Å². The Kier molecular flexibility index (Phi) is 2.84. The van der Waals surface area contributed by atoms with E-state index < -0.39 is 5.82 Å². The van der Waals surface area contributed by atoms with Crippen LogP contribution < -0.4 is 0 Å². The normalized spacial score (nSPS) is 10.3. The van der Waals surface area contributed by atoms with Crippen LogP contribution in [0, 0.1) is 5.82 Å². The number of benzene rings is 1. The Morgan fingerprint density at radius 1 is 1.07 bits per heavy atom. The summed E-state index contributed by atoms with van der Waals surface area (Å²) in [5, 5.41) is 0.485. The molecule has 15 heavy (non-hydrogen) atoms. The Hall–Kier alpha value is -1.19. The molecule has 1 aromatic heterocycles. The van der Waals surface area contributed by atoms with Crippen molar-refractivity contribution in [3.8, 4) is 11.1 Å². The van der Waals surface area contributed by atoms with Gasteiger partial charge in [-0.15, -0.1) is 0 Å². The first-order valence-electron chi connectivity index (χ1n) is 4.10. The van der Waals surface area contributed by atoms with Gasteiger partial charge in [0.15, 0.2) is 0 Å². The van der Waals surface area contributed by atoms with E-state index in [2.05, 4.69) is 9.97 Å². The van der Waals surface area contributed by atoms with Crippen molar-refractivity contribution in [2.45, 2.75) is 0 Å². The van der Waals surface area contributed by atoms with Crippen LogP contribution in [0.25, 0.3) is 11.1 Å². The van der Waals surface area contributed by atoms with Crippen molar-refractivity contribution in [3.05, 3.63) is 46.7 Å². The highest BCUT2D eigenvalue weighted by molar-refractivity contribution is 6.30. The second kappa shape index (κ2) is 4.13. The fourth-order valence-corrected chi connectivity index (χ4v) is 1.43. The number of halogens is 3. The Bertz CT molecular complexity index is 485. The maximum absolute atomic E-state index is 13.5. The molecule has 0 aliphatic heterocycles. The molecule has 0 fully saturated rings. The number of hydrogen-bond donors (Lipinski definition) is 0. The molecule has 1 heterocycles. The Balaban J connectivity index is 2.49. The fraction of sp³-hybridized carbons (Fsp3) is 0. The van der Waals surface area contributed by atoms with Crippen molar-refractivity contribution in [1.82, 2.24) is 9.97 Å². The van der Waals surface area contributed by atoms with Gasteiger partial charge in [0.25, 0.3) is 0 Å². The smallest absolute Gasteiger partial charge is 0.222 e. The summed E-state index contributed by atoms with van der Waals surface area (Å²) in [5.74, 6) is -0.409. The largest absolute Gasteiger partial charge is 0.226 e. The lowest BCUT2D eigenvalue weighted by Gasteiger charge is -2.02. The first kappa shape index (κ1) is 10.3. The molecule has 0 aliphatic rings. The van der Waals surface area contributed by atoms with Gasteiger partial charge in [0.1, 0.15) is 5.82 Å². The second-order valence-corrected chi connectivity index (χ2v) is 3.64. The molecule has 2 nitrogen and oxygen atoms in total. The Morgan fingerprint density at radius 2 is 1.73 bits per heavy atom. The van der Waals surface area contributed by atoms with Crippen LogP contribution in [0.2, 0.25) is 10.3 Å². The van der Waals surface area contributed by atoms with Gasteiger partial charge >= 0.3 is 0 Å². The lowest BCUT2D eigenvalue weighted by molar-refractivity contribution is 0.631. The van der Waals surface area contributed by atoms with Gasteiger partial charge in [0.05, 0.1) is 0 Å². The maximum Gasteiger partial charge on any atom is 0.222 e. The van der Waals surface area contributed by atoms with Gasteiger partial charge in [-0.25, -0.2) is 14.4 Å². The zero-order valence-corrected chi connectivity index (χ0v) is 8.93. The molecule has 2 aromatic rings. The highest BCUT2D eigenvalue weighted by Crippen LogP contribution is 2.24. The van der Waals surface area contributed by atoms with E-state index in [4.69, 9.17) is 23.2 Å². The average molecular weight is 243 g/mol. The molecule has 0 bridgehead atoms. The van der Waals surface area contributed by atoms with Gasteiger partial charge < -0.3 is 0 Å².